The number of Topliss-reactive ketones (excluding diaryl/α,β-unsaturated/α-hetero) is 1. The predicted molar refractivity (Wildman–Crippen MR) is 39.0 cm³/mol. The van der Waals surface area contributed by atoms with Crippen LogP contribution in [0, 0.1) is 18.3 Å². The maximum Gasteiger partial charge on any atom is 0.272 e. The number of carbonyl (C=O) groups is 1. The van der Waals surface area contributed by atoms with E-state index in [0.29, 0.717) is 4.88 Å². The Hall–Kier alpha value is -1.14. The lowest BCUT2D eigenvalue weighted by Gasteiger charge is -1.85. The number of hydrogen-bond donors (Lipinski definition) is 0. The van der Waals surface area contributed by atoms with Crippen molar-refractivity contribution in [2.75, 3.05) is 0 Å². The van der Waals surface area contributed by atoms with Crippen molar-refractivity contribution >= 4 is 17.1 Å². The Morgan fingerprint density at radius 3 is 2.90 bits per heavy atom. The van der Waals surface area contributed by atoms with Crippen molar-refractivity contribution in [3.8, 4) is 6.07 Å². The lowest BCUT2D eigenvalue weighted by molar-refractivity contribution is 0.105. The van der Waals surface area contributed by atoms with E-state index in [4.69, 9.17) is 5.26 Å². The topological polar surface area (TPSA) is 40.9 Å². The molecular formula is C7H5NOS. The number of hydrogen-bond acceptors (Lipinski definition) is 3. The van der Waals surface area contributed by atoms with Gasteiger partial charge in [-0.2, -0.15) is 5.26 Å². The van der Waals surface area contributed by atoms with E-state index >= 15 is 0 Å². The van der Waals surface area contributed by atoms with Crippen LogP contribution in [0.1, 0.15) is 15.2 Å². The van der Waals surface area contributed by atoms with Crippen molar-refractivity contribution < 1.29 is 4.79 Å². The molecule has 0 aromatic carbocycles. The Morgan fingerprint density at radius 2 is 2.50 bits per heavy atom. The molecule has 10 heavy (non-hydrogen) atoms. The summed E-state index contributed by atoms with van der Waals surface area (Å²) in [5, 5.41) is 10.0. The van der Waals surface area contributed by atoms with Gasteiger partial charge < -0.3 is 0 Å². The number of carbonyl (C=O) groups excluding carboxylic acids is 1. The zero-order chi connectivity index (χ0) is 7.56. The highest BCUT2D eigenvalue weighted by molar-refractivity contribution is 7.12. The van der Waals surface area contributed by atoms with E-state index in [2.05, 4.69) is 0 Å². The van der Waals surface area contributed by atoms with E-state index in [1.165, 1.54) is 11.3 Å². The normalized spacial score (nSPS) is 8.80. The second-order valence-electron chi connectivity index (χ2n) is 1.87. The monoisotopic (exact) mass is 151 g/mol. The first-order valence-corrected chi connectivity index (χ1v) is 3.62. The summed E-state index contributed by atoms with van der Waals surface area (Å²) in [6.45, 7) is 1.82. The Labute approximate surface area is 62.7 Å². The first kappa shape index (κ1) is 6.97. The molecule has 1 aromatic rings. The molecule has 0 bridgehead atoms. The van der Waals surface area contributed by atoms with E-state index < -0.39 is 5.78 Å². The third-order valence-corrected chi connectivity index (χ3v) is 2.19. The zero-order valence-corrected chi connectivity index (χ0v) is 6.23. The van der Waals surface area contributed by atoms with Gasteiger partial charge in [0.15, 0.2) is 0 Å². The fraction of sp³-hybridized carbons (Fsp3) is 0.143. The van der Waals surface area contributed by atoms with Crippen molar-refractivity contribution in [1.82, 2.24) is 0 Å². The second-order valence-corrected chi connectivity index (χ2v) is 2.79. The summed E-state index contributed by atoms with van der Waals surface area (Å²) < 4.78 is 0. The van der Waals surface area contributed by atoms with Crippen LogP contribution in [0.3, 0.4) is 0 Å². The minimum absolute atomic E-state index is 0.437. The highest BCUT2D eigenvalue weighted by atomic mass is 32.1. The molecule has 50 valence electrons. The van der Waals surface area contributed by atoms with E-state index in [1.54, 1.807) is 11.4 Å². The van der Waals surface area contributed by atoms with Crippen molar-refractivity contribution in [1.29, 1.82) is 5.26 Å². The number of nitriles is 1. The van der Waals surface area contributed by atoms with E-state index in [-0.39, 0.29) is 0 Å². The maximum absolute atomic E-state index is 10.7. The molecule has 0 unspecified atom stereocenters. The summed E-state index contributed by atoms with van der Waals surface area (Å²) in [5.41, 5.74) is 0.886. The Balaban J connectivity index is 3.08. The molecule has 0 aliphatic heterocycles. The van der Waals surface area contributed by atoms with Gasteiger partial charge >= 0.3 is 0 Å². The van der Waals surface area contributed by atoms with Crippen LogP contribution in [-0.2, 0) is 0 Å². The maximum atomic E-state index is 10.7. The van der Waals surface area contributed by atoms with Crippen LogP contribution >= 0.6 is 11.3 Å². The van der Waals surface area contributed by atoms with Crippen LogP contribution in [0.5, 0.6) is 0 Å². The van der Waals surface area contributed by atoms with Crippen LogP contribution < -0.4 is 0 Å². The molecule has 3 heteroatoms. The number of thiophene rings is 1. The molecule has 1 rings (SSSR count). The molecule has 0 amide bonds. The summed E-state index contributed by atoms with van der Waals surface area (Å²) in [6.07, 6.45) is 0. The van der Waals surface area contributed by atoms with Gasteiger partial charge in [-0.25, -0.2) is 0 Å². The predicted octanol–water partition coefficient (Wildman–Crippen LogP) is 1.76. The average Bonchev–Trinajstić information content (AvgIpc) is 2.34. The molecule has 1 aromatic heterocycles. The highest BCUT2D eigenvalue weighted by Gasteiger charge is 2.07. The smallest absolute Gasteiger partial charge is 0.272 e. The molecular weight excluding hydrogens is 146 g/mol. The average molecular weight is 151 g/mol. The SMILES string of the molecule is Cc1ccsc1C(=O)C#N. The van der Waals surface area contributed by atoms with E-state index in [1.807, 2.05) is 13.0 Å². The van der Waals surface area contributed by atoms with Crippen LogP contribution in [0.15, 0.2) is 11.4 Å². The molecule has 1 heterocycles. The van der Waals surface area contributed by atoms with Crippen molar-refractivity contribution in [3.63, 3.8) is 0 Å². The Morgan fingerprint density at radius 1 is 1.80 bits per heavy atom. The molecule has 0 spiro atoms. The highest BCUT2D eigenvalue weighted by Crippen LogP contribution is 2.15. The van der Waals surface area contributed by atoms with Crippen LogP contribution in [0.2, 0.25) is 0 Å². The summed E-state index contributed by atoms with van der Waals surface area (Å²) in [7, 11) is 0. The molecule has 0 saturated heterocycles. The molecule has 0 saturated carbocycles. The number of aryl methyl sites for hydroxylation is 1. The van der Waals surface area contributed by atoms with Gasteiger partial charge in [0.25, 0.3) is 5.78 Å². The van der Waals surface area contributed by atoms with Gasteiger partial charge in [0.2, 0.25) is 0 Å². The molecule has 0 aliphatic rings. The van der Waals surface area contributed by atoms with Crippen molar-refractivity contribution in [2.45, 2.75) is 6.92 Å². The Bertz CT molecular complexity index is 295. The van der Waals surface area contributed by atoms with Gasteiger partial charge in [0.1, 0.15) is 6.07 Å². The number of rotatable bonds is 1. The summed E-state index contributed by atoms with van der Waals surface area (Å²) in [4.78, 5) is 11.3. The van der Waals surface area contributed by atoms with Crippen LogP contribution in [-0.4, -0.2) is 5.78 Å². The van der Waals surface area contributed by atoms with Crippen LogP contribution in [0.4, 0.5) is 0 Å². The quantitative estimate of drug-likeness (QED) is 0.453. The molecule has 0 atom stereocenters. The van der Waals surface area contributed by atoms with Gasteiger partial charge in [-0.05, 0) is 23.9 Å². The van der Waals surface area contributed by atoms with Gasteiger partial charge in [0, 0.05) is 0 Å². The largest absolute Gasteiger partial charge is 0.276 e. The fourth-order valence-corrected chi connectivity index (χ4v) is 1.47. The summed E-state index contributed by atoms with van der Waals surface area (Å²) in [6, 6.07) is 3.41. The third-order valence-electron chi connectivity index (χ3n) is 1.17. The standard InChI is InChI=1S/C7H5NOS/c1-5-2-3-10-7(5)6(9)4-8/h2-3H,1H3. The van der Waals surface area contributed by atoms with E-state index in [0.717, 1.165) is 5.56 Å². The third kappa shape index (κ3) is 1.07. The molecule has 0 fully saturated rings. The zero-order valence-electron chi connectivity index (χ0n) is 5.42. The fourth-order valence-electron chi connectivity index (χ4n) is 0.656. The molecule has 2 nitrogen and oxygen atoms in total. The Kier molecular flexibility index (Phi) is 1.83. The van der Waals surface area contributed by atoms with Gasteiger partial charge in [-0.15, -0.1) is 11.3 Å². The minimum Gasteiger partial charge on any atom is -0.276 e. The minimum atomic E-state index is -0.437. The molecule has 0 N–H and O–H groups in total. The summed E-state index contributed by atoms with van der Waals surface area (Å²) in [5.74, 6) is -0.437. The van der Waals surface area contributed by atoms with E-state index in [9.17, 15) is 4.79 Å². The van der Waals surface area contributed by atoms with Gasteiger partial charge in [-0.3, -0.25) is 4.79 Å². The molecule has 0 radical (unpaired) electrons. The summed E-state index contributed by atoms with van der Waals surface area (Å²) >= 11 is 1.31. The van der Waals surface area contributed by atoms with Gasteiger partial charge in [-0.1, -0.05) is 0 Å². The van der Waals surface area contributed by atoms with Crippen molar-refractivity contribution in [2.24, 2.45) is 0 Å². The lowest BCUT2D eigenvalue weighted by Crippen LogP contribution is -1.91. The lowest BCUT2D eigenvalue weighted by atomic mass is 10.2. The number of ketones is 1. The van der Waals surface area contributed by atoms with Crippen molar-refractivity contribution in [3.05, 3.63) is 21.9 Å². The molecule has 0 aliphatic carbocycles. The number of nitrogens with zero attached hydrogens (tertiary/aromatic N) is 1. The van der Waals surface area contributed by atoms with Gasteiger partial charge in [0.05, 0.1) is 4.88 Å². The second kappa shape index (κ2) is 2.63. The first-order valence-electron chi connectivity index (χ1n) is 2.74. The first-order chi connectivity index (χ1) is 4.75. The van der Waals surface area contributed by atoms with Crippen LogP contribution in [0.25, 0.3) is 0 Å².